The molecule has 0 radical (unpaired) electrons. The predicted octanol–water partition coefficient (Wildman–Crippen LogP) is 1.37. The van der Waals surface area contributed by atoms with Crippen molar-refractivity contribution in [3.05, 3.63) is 47.5 Å². The molecule has 0 amide bonds. The highest BCUT2D eigenvalue weighted by Crippen LogP contribution is 2.14. The van der Waals surface area contributed by atoms with E-state index in [0.717, 1.165) is 17.7 Å². The van der Waals surface area contributed by atoms with E-state index in [4.69, 9.17) is 5.73 Å². The van der Waals surface area contributed by atoms with Gasteiger partial charge in [-0.3, -0.25) is 9.67 Å². The summed E-state index contributed by atoms with van der Waals surface area (Å²) in [5, 5.41) is 4.12. The molecule has 2 N–H and O–H groups in total. The molecule has 4 nitrogen and oxygen atoms in total. The SMILES string of the molecule is Cc1ccnc(C(N)Cc2cnn(C)c2)c1. The molecule has 0 bridgehead atoms. The van der Waals surface area contributed by atoms with Gasteiger partial charge in [-0.25, -0.2) is 0 Å². The van der Waals surface area contributed by atoms with Gasteiger partial charge in [-0.2, -0.15) is 5.10 Å². The number of nitrogens with zero attached hydrogens (tertiary/aromatic N) is 3. The Kier molecular flexibility index (Phi) is 3.01. The molecule has 0 spiro atoms. The minimum atomic E-state index is -0.0656. The van der Waals surface area contributed by atoms with Gasteiger partial charge in [-0.1, -0.05) is 0 Å². The summed E-state index contributed by atoms with van der Waals surface area (Å²) in [5.41, 5.74) is 9.36. The molecule has 16 heavy (non-hydrogen) atoms. The molecule has 0 saturated carbocycles. The maximum atomic E-state index is 6.11. The van der Waals surface area contributed by atoms with Crippen molar-refractivity contribution in [3.63, 3.8) is 0 Å². The van der Waals surface area contributed by atoms with Crippen LogP contribution in [0, 0.1) is 6.92 Å². The van der Waals surface area contributed by atoms with Crippen LogP contribution in [0.5, 0.6) is 0 Å². The second-order valence-corrected chi connectivity index (χ2v) is 4.09. The van der Waals surface area contributed by atoms with Gasteiger partial charge >= 0.3 is 0 Å². The average Bonchev–Trinajstić information content (AvgIpc) is 2.64. The van der Waals surface area contributed by atoms with Crippen molar-refractivity contribution < 1.29 is 0 Å². The molecule has 0 saturated heterocycles. The molecule has 4 heteroatoms. The molecular formula is C12H16N4. The minimum absolute atomic E-state index is 0.0656. The van der Waals surface area contributed by atoms with E-state index in [0.29, 0.717) is 0 Å². The van der Waals surface area contributed by atoms with E-state index >= 15 is 0 Å². The summed E-state index contributed by atoms with van der Waals surface area (Å²) in [6, 6.07) is 3.94. The second kappa shape index (κ2) is 4.45. The van der Waals surface area contributed by atoms with Crippen LogP contribution < -0.4 is 5.73 Å². The number of rotatable bonds is 3. The first-order valence-electron chi connectivity index (χ1n) is 5.31. The summed E-state index contributed by atoms with van der Waals surface area (Å²) in [5.74, 6) is 0. The van der Waals surface area contributed by atoms with Gasteiger partial charge in [0.15, 0.2) is 0 Å². The Bertz CT molecular complexity index is 475. The van der Waals surface area contributed by atoms with Gasteiger partial charge in [-0.15, -0.1) is 0 Å². The summed E-state index contributed by atoms with van der Waals surface area (Å²) in [6.45, 7) is 2.04. The number of hydrogen-bond donors (Lipinski definition) is 1. The Hall–Kier alpha value is -1.68. The van der Waals surface area contributed by atoms with Crippen LogP contribution in [0.3, 0.4) is 0 Å². The lowest BCUT2D eigenvalue weighted by Crippen LogP contribution is -2.14. The molecule has 0 aromatic carbocycles. The van der Waals surface area contributed by atoms with Crippen molar-refractivity contribution in [2.24, 2.45) is 12.8 Å². The van der Waals surface area contributed by atoms with E-state index in [2.05, 4.69) is 10.1 Å². The standard InChI is InChI=1S/C12H16N4/c1-9-3-4-14-12(5-9)11(13)6-10-7-15-16(2)8-10/h3-5,7-8,11H,6,13H2,1-2H3. The number of nitrogens with two attached hydrogens (primary N) is 1. The number of pyridine rings is 1. The number of hydrogen-bond acceptors (Lipinski definition) is 3. The van der Waals surface area contributed by atoms with Crippen molar-refractivity contribution >= 4 is 0 Å². The van der Waals surface area contributed by atoms with E-state index in [1.807, 2.05) is 38.5 Å². The van der Waals surface area contributed by atoms with Crippen LogP contribution in [0.1, 0.15) is 22.9 Å². The third-order valence-corrected chi connectivity index (χ3v) is 2.53. The molecule has 1 unspecified atom stereocenters. The van der Waals surface area contributed by atoms with Gasteiger partial charge in [0.05, 0.1) is 17.9 Å². The zero-order chi connectivity index (χ0) is 11.5. The van der Waals surface area contributed by atoms with E-state index in [-0.39, 0.29) is 6.04 Å². The van der Waals surface area contributed by atoms with Gasteiger partial charge in [0.2, 0.25) is 0 Å². The molecule has 2 aromatic rings. The van der Waals surface area contributed by atoms with Crippen LogP contribution in [-0.2, 0) is 13.5 Å². The van der Waals surface area contributed by atoms with E-state index < -0.39 is 0 Å². The first kappa shape index (κ1) is 10.8. The van der Waals surface area contributed by atoms with E-state index in [1.165, 1.54) is 5.56 Å². The van der Waals surface area contributed by atoms with Crippen molar-refractivity contribution in [3.8, 4) is 0 Å². The Morgan fingerprint density at radius 2 is 2.31 bits per heavy atom. The maximum absolute atomic E-state index is 6.11. The smallest absolute Gasteiger partial charge is 0.0577 e. The maximum Gasteiger partial charge on any atom is 0.0577 e. The van der Waals surface area contributed by atoms with Crippen molar-refractivity contribution in [1.29, 1.82) is 0 Å². The molecule has 1 atom stereocenters. The lowest BCUT2D eigenvalue weighted by Gasteiger charge is -2.09. The quantitative estimate of drug-likeness (QED) is 0.843. The van der Waals surface area contributed by atoms with Gasteiger partial charge in [0.1, 0.15) is 0 Å². The third kappa shape index (κ3) is 2.46. The summed E-state index contributed by atoms with van der Waals surface area (Å²) in [4.78, 5) is 4.29. The fraction of sp³-hybridized carbons (Fsp3) is 0.333. The molecular weight excluding hydrogens is 200 g/mol. The van der Waals surface area contributed by atoms with Crippen molar-refractivity contribution in [1.82, 2.24) is 14.8 Å². The topological polar surface area (TPSA) is 56.7 Å². The Balaban J connectivity index is 2.11. The van der Waals surface area contributed by atoms with Crippen LogP contribution in [0.4, 0.5) is 0 Å². The zero-order valence-corrected chi connectivity index (χ0v) is 9.59. The van der Waals surface area contributed by atoms with Gasteiger partial charge in [0, 0.05) is 19.4 Å². The first-order valence-corrected chi connectivity index (χ1v) is 5.31. The highest BCUT2D eigenvalue weighted by Gasteiger charge is 2.09. The van der Waals surface area contributed by atoms with E-state index in [1.54, 1.807) is 10.9 Å². The molecule has 0 fully saturated rings. The molecule has 2 aromatic heterocycles. The summed E-state index contributed by atoms with van der Waals surface area (Å²) < 4.78 is 1.78. The molecule has 2 heterocycles. The zero-order valence-electron chi connectivity index (χ0n) is 9.59. The predicted molar refractivity (Wildman–Crippen MR) is 62.8 cm³/mol. The number of aryl methyl sites for hydroxylation is 2. The fourth-order valence-electron chi connectivity index (χ4n) is 1.70. The van der Waals surface area contributed by atoms with Crippen LogP contribution in [0.15, 0.2) is 30.7 Å². The first-order chi connectivity index (χ1) is 7.65. The second-order valence-electron chi connectivity index (χ2n) is 4.09. The third-order valence-electron chi connectivity index (χ3n) is 2.53. The summed E-state index contributed by atoms with van der Waals surface area (Å²) >= 11 is 0. The molecule has 2 rings (SSSR count). The Labute approximate surface area is 95.1 Å². The molecule has 0 aliphatic heterocycles. The highest BCUT2D eigenvalue weighted by molar-refractivity contribution is 5.19. The van der Waals surface area contributed by atoms with Crippen molar-refractivity contribution in [2.75, 3.05) is 0 Å². The van der Waals surface area contributed by atoms with Crippen LogP contribution in [0.2, 0.25) is 0 Å². The Morgan fingerprint density at radius 1 is 1.50 bits per heavy atom. The van der Waals surface area contributed by atoms with E-state index in [9.17, 15) is 0 Å². The monoisotopic (exact) mass is 216 g/mol. The minimum Gasteiger partial charge on any atom is -0.322 e. The van der Waals surface area contributed by atoms with Crippen LogP contribution >= 0.6 is 0 Å². The molecule has 0 aliphatic rings. The normalized spacial score (nSPS) is 12.7. The van der Waals surface area contributed by atoms with Crippen LogP contribution in [-0.4, -0.2) is 14.8 Å². The fourth-order valence-corrected chi connectivity index (χ4v) is 1.70. The highest BCUT2D eigenvalue weighted by atomic mass is 15.2. The van der Waals surface area contributed by atoms with Gasteiger partial charge < -0.3 is 5.73 Å². The van der Waals surface area contributed by atoms with Gasteiger partial charge in [0.25, 0.3) is 0 Å². The molecule has 0 aliphatic carbocycles. The van der Waals surface area contributed by atoms with Crippen LogP contribution in [0.25, 0.3) is 0 Å². The largest absolute Gasteiger partial charge is 0.322 e. The van der Waals surface area contributed by atoms with Gasteiger partial charge in [-0.05, 0) is 36.6 Å². The van der Waals surface area contributed by atoms with Crippen molar-refractivity contribution in [2.45, 2.75) is 19.4 Å². The summed E-state index contributed by atoms with van der Waals surface area (Å²) in [6.07, 6.45) is 6.39. The number of aromatic nitrogens is 3. The Morgan fingerprint density at radius 3 is 2.94 bits per heavy atom. The lowest BCUT2D eigenvalue weighted by atomic mass is 10.1. The average molecular weight is 216 g/mol. The molecule has 84 valence electrons. The summed E-state index contributed by atoms with van der Waals surface area (Å²) in [7, 11) is 1.90. The lowest BCUT2D eigenvalue weighted by molar-refractivity contribution is 0.694.